The first-order valence-corrected chi connectivity index (χ1v) is 6.34. The van der Waals surface area contributed by atoms with Crippen LogP contribution in [0, 0.1) is 5.92 Å². The average Bonchev–Trinajstić information content (AvgIpc) is 2.50. The van der Waals surface area contributed by atoms with Crippen molar-refractivity contribution in [3.8, 4) is 0 Å². The van der Waals surface area contributed by atoms with Crippen molar-refractivity contribution in [3.63, 3.8) is 0 Å². The molecule has 4 nitrogen and oxygen atoms in total. The van der Waals surface area contributed by atoms with Crippen LogP contribution in [0.4, 0.5) is 0 Å². The number of hydrogen-bond donors (Lipinski definition) is 1. The molecule has 0 aromatic heterocycles. The van der Waals surface area contributed by atoms with Crippen LogP contribution in [0.1, 0.15) is 32.6 Å². The predicted octanol–water partition coefficient (Wildman–Crippen LogP) is 0.751. The fourth-order valence-corrected chi connectivity index (χ4v) is 2.89. The van der Waals surface area contributed by atoms with Crippen molar-refractivity contribution in [2.75, 3.05) is 19.8 Å². The van der Waals surface area contributed by atoms with Gasteiger partial charge in [0.15, 0.2) is 0 Å². The number of nitrogens with two attached hydrogens (primary N) is 1. The molecule has 2 fully saturated rings. The Morgan fingerprint density at radius 1 is 1.44 bits per heavy atom. The normalized spacial score (nSPS) is 32.8. The highest BCUT2D eigenvalue weighted by molar-refractivity contribution is 5.81. The van der Waals surface area contributed by atoms with E-state index in [0.29, 0.717) is 25.1 Å². The molecule has 0 radical (unpaired) electrons. The van der Waals surface area contributed by atoms with Crippen LogP contribution in [0.25, 0.3) is 0 Å². The Balaban J connectivity index is 2.11. The predicted molar refractivity (Wildman–Crippen MR) is 61.9 cm³/mol. The maximum Gasteiger partial charge on any atom is 0.239 e. The lowest BCUT2D eigenvalue weighted by atomic mass is 9.84. The minimum absolute atomic E-state index is 0.0856. The van der Waals surface area contributed by atoms with Gasteiger partial charge in [-0.3, -0.25) is 4.79 Å². The van der Waals surface area contributed by atoms with Crippen LogP contribution in [0.2, 0.25) is 0 Å². The first-order valence-electron chi connectivity index (χ1n) is 6.34. The number of amides is 1. The molecule has 1 aliphatic heterocycles. The van der Waals surface area contributed by atoms with Crippen molar-refractivity contribution < 1.29 is 9.53 Å². The average molecular weight is 226 g/mol. The zero-order valence-corrected chi connectivity index (χ0v) is 10.0. The van der Waals surface area contributed by atoms with Gasteiger partial charge in [-0.05, 0) is 19.8 Å². The largest absolute Gasteiger partial charge is 0.379 e. The monoisotopic (exact) mass is 226 g/mol. The molecule has 0 aromatic carbocycles. The van der Waals surface area contributed by atoms with E-state index in [1.54, 1.807) is 6.92 Å². The van der Waals surface area contributed by atoms with Crippen LogP contribution in [0.15, 0.2) is 0 Å². The number of ether oxygens (including phenoxy) is 1. The first-order chi connectivity index (χ1) is 7.70. The molecule has 1 aliphatic carbocycles. The number of rotatable bonds is 1. The van der Waals surface area contributed by atoms with Gasteiger partial charge in [-0.2, -0.15) is 0 Å². The van der Waals surface area contributed by atoms with Gasteiger partial charge in [0.2, 0.25) is 5.91 Å². The summed E-state index contributed by atoms with van der Waals surface area (Å²) in [6, 6.07) is -0.0181. The molecule has 1 saturated carbocycles. The van der Waals surface area contributed by atoms with Gasteiger partial charge >= 0.3 is 0 Å². The van der Waals surface area contributed by atoms with Gasteiger partial charge in [0, 0.05) is 18.5 Å². The highest BCUT2D eigenvalue weighted by atomic mass is 16.5. The Labute approximate surface area is 97.1 Å². The summed E-state index contributed by atoms with van der Waals surface area (Å²) in [6.07, 6.45) is 4.80. The van der Waals surface area contributed by atoms with Crippen molar-refractivity contribution in [1.29, 1.82) is 0 Å². The Morgan fingerprint density at radius 2 is 2.19 bits per heavy atom. The van der Waals surface area contributed by atoms with Gasteiger partial charge in [-0.15, -0.1) is 0 Å². The van der Waals surface area contributed by atoms with E-state index >= 15 is 0 Å². The molecular formula is C12H22N2O2. The van der Waals surface area contributed by atoms with Crippen LogP contribution in [0.5, 0.6) is 0 Å². The third kappa shape index (κ3) is 2.38. The molecule has 4 heteroatoms. The van der Waals surface area contributed by atoms with Gasteiger partial charge < -0.3 is 15.4 Å². The smallest absolute Gasteiger partial charge is 0.239 e. The molecule has 16 heavy (non-hydrogen) atoms. The van der Waals surface area contributed by atoms with Crippen molar-refractivity contribution in [3.05, 3.63) is 0 Å². The van der Waals surface area contributed by atoms with E-state index in [1.807, 2.05) is 4.90 Å². The third-order valence-corrected chi connectivity index (χ3v) is 3.75. The number of carbonyl (C=O) groups is 1. The molecule has 92 valence electrons. The quantitative estimate of drug-likeness (QED) is 0.718. The van der Waals surface area contributed by atoms with Gasteiger partial charge in [0.1, 0.15) is 0 Å². The molecular weight excluding hydrogens is 204 g/mol. The second kappa shape index (κ2) is 5.15. The van der Waals surface area contributed by atoms with Gasteiger partial charge in [0.05, 0.1) is 19.3 Å². The van der Waals surface area contributed by atoms with Gasteiger partial charge in [0.25, 0.3) is 0 Å². The Morgan fingerprint density at radius 3 is 2.94 bits per heavy atom. The van der Waals surface area contributed by atoms with Crippen molar-refractivity contribution in [1.82, 2.24) is 4.90 Å². The van der Waals surface area contributed by atoms with E-state index < -0.39 is 0 Å². The SMILES string of the molecule is C[C@H](N)C(=O)N1CCOC[C@H]2CCCC[C@H]21. The van der Waals surface area contributed by atoms with E-state index in [2.05, 4.69) is 0 Å². The molecule has 1 saturated heterocycles. The molecule has 0 aromatic rings. The van der Waals surface area contributed by atoms with Gasteiger partial charge in [-0.25, -0.2) is 0 Å². The summed E-state index contributed by atoms with van der Waals surface area (Å²) in [5.41, 5.74) is 5.71. The molecule has 2 rings (SSSR count). The maximum absolute atomic E-state index is 12.1. The van der Waals surface area contributed by atoms with E-state index in [1.165, 1.54) is 19.3 Å². The maximum atomic E-state index is 12.1. The standard InChI is InChI=1S/C12H22N2O2/c1-9(13)12(15)14-6-7-16-8-10-4-2-3-5-11(10)14/h9-11H,2-8,13H2,1H3/t9-,10+,11+/m0/s1. The second-order valence-corrected chi connectivity index (χ2v) is 5.01. The lowest BCUT2D eigenvalue weighted by Crippen LogP contribution is -2.51. The summed E-state index contributed by atoms with van der Waals surface area (Å²) >= 11 is 0. The molecule has 0 unspecified atom stereocenters. The van der Waals surface area contributed by atoms with E-state index in [0.717, 1.165) is 13.0 Å². The van der Waals surface area contributed by atoms with Crippen LogP contribution < -0.4 is 5.73 Å². The zero-order chi connectivity index (χ0) is 11.5. The zero-order valence-electron chi connectivity index (χ0n) is 10.0. The van der Waals surface area contributed by atoms with Crippen LogP contribution in [0.3, 0.4) is 0 Å². The molecule has 0 bridgehead atoms. The summed E-state index contributed by atoms with van der Waals surface area (Å²) in [7, 11) is 0. The second-order valence-electron chi connectivity index (χ2n) is 5.01. The van der Waals surface area contributed by atoms with Crippen LogP contribution in [-0.2, 0) is 9.53 Å². The van der Waals surface area contributed by atoms with Crippen molar-refractivity contribution in [2.24, 2.45) is 11.7 Å². The number of nitrogens with zero attached hydrogens (tertiary/aromatic N) is 1. The Kier molecular flexibility index (Phi) is 3.82. The number of fused-ring (bicyclic) bond motifs is 1. The molecule has 1 amide bonds. The summed E-state index contributed by atoms with van der Waals surface area (Å²) in [4.78, 5) is 14.0. The first kappa shape index (κ1) is 11.9. The third-order valence-electron chi connectivity index (χ3n) is 3.75. The Bertz CT molecular complexity index is 255. The molecule has 0 spiro atoms. The van der Waals surface area contributed by atoms with Crippen LogP contribution >= 0.6 is 0 Å². The molecule has 2 N–H and O–H groups in total. The summed E-state index contributed by atoms with van der Waals surface area (Å²) < 4.78 is 5.59. The molecule has 1 heterocycles. The lowest BCUT2D eigenvalue weighted by Gasteiger charge is -2.38. The topological polar surface area (TPSA) is 55.6 Å². The van der Waals surface area contributed by atoms with E-state index in [-0.39, 0.29) is 11.9 Å². The molecule has 2 aliphatic rings. The summed E-state index contributed by atoms with van der Waals surface area (Å²) in [5.74, 6) is 0.612. The molecule has 3 atom stereocenters. The highest BCUT2D eigenvalue weighted by Crippen LogP contribution is 2.30. The minimum Gasteiger partial charge on any atom is -0.379 e. The number of hydrogen-bond acceptors (Lipinski definition) is 3. The van der Waals surface area contributed by atoms with Crippen LogP contribution in [-0.4, -0.2) is 42.6 Å². The fourth-order valence-electron chi connectivity index (χ4n) is 2.89. The van der Waals surface area contributed by atoms with E-state index in [9.17, 15) is 4.79 Å². The lowest BCUT2D eigenvalue weighted by molar-refractivity contribution is -0.135. The van der Waals surface area contributed by atoms with Crippen molar-refractivity contribution in [2.45, 2.75) is 44.7 Å². The Hall–Kier alpha value is -0.610. The summed E-state index contributed by atoms with van der Waals surface area (Å²) in [5, 5.41) is 0. The minimum atomic E-state index is -0.388. The summed E-state index contributed by atoms with van der Waals surface area (Å²) in [6.45, 7) is 3.95. The number of carbonyl (C=O) groups excluding carboxylic acids is 1. The van der Waals surface area contributed by atoms with E-state index in [4.69, 9.17) is 10.5 Å². The van der Waals surface area contributed by atoms with Gasteiger partial charge in [-0.1, -0.05) is 12.8 Å². The highest BCUT2D eigenvalue weighted by Gasteiger charge is 2.35. The fraction of sp³-hybridized carbons (Fsp3) is 0.917. The van der Waals surface area contributed by atoms with Crippen molar-refractivity contribution >= 4 is 5.91 Å².